The number of aliphatic hydroxyl groups is 1. The van der Waals surface area contributed by atoms with Crippen molar-refractivity contribution in [1.82, 2.24) is 19.8 Å². The number of nitrogens with one attached hydrogen (secondary N) is 1. The molecule has 4 rings (SSSR count). The summed E-state index contributed by atoms with van der Waals surface area (Å²) in [5.74, 6) is 0. The second-order valence-electron chi connectivity index (χ2n) is 8.00. The third kappa shape index (κ3) is 3.50. The number of β-amino-alcohol motifs (C(OH)–C–C–N with tert-alkyl or cyclic N) is 1. The van der Waals surface area contributed by atoms with E-state index in [0.29, 0.717) is 11.7 Å². The van der Waals surface area contributed by atoms with Crippen LogP contribution in [0.5, 0.6) is 0 Å². The van der Waals surface area contributed by atoms with E-state index < -0.39 is 0 Å². The molecule has 0 bridgehead atoms. The van der Waals surface area contributed by atoms with Crippen LogP contribution in [0.25, 0.3) is 5.69 Å². The normalized spacial score (nSPS) is 18.7. The minimum atomic E-state index is -0.0715. The number of hydrogen-bond acceptors (Lipinski definition) is 3. The molecule has 3 aromatic rings. The minimum Gasteiger partial charge on any atom is -0.395 e. The Morgan fingerprint density at radius 1 is 1.10 bits per heavy atom. The van der Waals surface area contributed by atoms with Gasteiger partial charge in [-0.3, -0.25) is 4.98 Å². The van der Waals surface area contributed by atoms with E-state index in [1.807, 2.05) is 24.4 Å². The molecule has 2 N–H and O–H groups in total. The van der Waals surface area contributed by atoms with Gasteiger partial charge in [0.05, 0.1) is 24.4 Å². The van der Waals surface area contributed by atoms with Gasteiger partial charge in [0, 0.05) is 29.8 Å². The van der Waals surface area contributed by atoms with Gasteiger partial charge in [0.15, 0.2) is 5.11 Å². The van der Waals surface area contributed by atoms with Crippen LogP contribution in [0, 0.1) is 27.7 Å². The van der Waals surface area contributed by atoms with Crippen molar-refractivity contribution in [3.05, 3.63) is 82.4 Å². The van der Waals surface area contributed by atoms with E-state index in [1.165, 1.54) is 33.8 Å². The van der Waals surface area contributed by atoms with Crippen molar-refractivity contribution in [2.75, 3.05) is 13.2 Å². The van der Waals surface area contributed by atoms with Crippen molar-refractivity contribution in [3.8, 4) is 5.69 Å². The number of benzene rings is 1. The van der Waals surface area contributed by atoms with Gasteiger partial charge in [0.2, 0.25) is 0 Å². The van der Waals surface area contributed by atoms with Crippen LogP contribution in [0.4, 0.5) is 0 Å². The fourth-order valence-corrected chi connectivity index (χ4v) is 4.84. The van der Waals surface area contributed by atoms with Crippen LogP contribution in [0.2, 0.25) is 0 Å². The van der Waals surface area contributed by atoms with Crippen LogP contribution >= 0.6 is 12.2 Å². The van der Waals surface area contributed by atoms with Crippen LogP contribution in [0.1, 0.15) is 45.9 Å². The maximum absolute atomic E-state index is 9.69. The van der Waals surface area contributed by atoms with Gasteiger partial charge in [0.1, 0.15) is 0 Å². The first-order valence-corrected chi connectivity index (χ1v) is 10.7. The Bertz CT molecular complexity index is 1080. The van der Waals surface area contributed by atoms with Crippen molar-refractivity contribution in [2.24, 2.45) is 0 Å². The molecule has 0 unspecified atom stereocenters. The summed E-state index contributed by atoms with van der Waals surface area (Å²) < 4.78 is 2.33. The van der Waals surface area contributed by atoms with E-state index in [4.69, 9.17) is 12.2 Å². The molecule has 1 aromatic carbocycles. The lowest BCUT2D eigenvalue weighted by Crippen LogP contribution is -2.32. The Labute approximate surface area is 183 Å². The molecule has 0 radical (unpaired) electrons. The lowest BCUT2D eigenvalue weighted by molar-refractivity contribution is 0.223. The maximum Gasteiger partial charge on any atom is 0.170 e. The molecule has 156 valence electrons. The summed E-state index contributed by atoms with van der Waals surface area (Å²) in [7, 11) is 0. The molecule has 1 fully saturated rings. The summed E-state index contributed by atoms with van der Waals surface area (Å²) >= 11 is 5.64. The maximum atomic E-state index is 9.69. The quantitative estimate of drug-likeness (QED) is 0.610. The molecular formula is C24H28N4OS. The predicted octanol–water partition coefficient (Wildman–Crippen LogP) is 4.07. The number of aryl methyl sites for hydroxylation is 3. The molecule has 1 saturated heterocycles. The van der Waals surface area contributed by atoms with Crippen molar-refractivity contribution < 1.29 is 5.11 Å². The van der Waals surface area contributed by atoms with Crippen LogP contribution in [-0.4, -0.2) is 37.8 Å². The zero-order chi connectivity index (χ0) is 21.4. The summed E-state index contributed by atoms with van der Waals surface area (Å²) in [6.45, 7) is 9.10. The highest BCUT2D eigenvalue weighted by molar-refractivity contribution is 7.80. The van der Waals surface area contributed by atoms with Crippen molar-refractivity contribution in [2.45, 2.75) is 39.8 Å². The molecule has 30 heavy (non-hydrogen) atoms. The van der Waals surface area contributed by atoms with Gasteiger partial charge in [-0.05, 0) is 80.9 Å². The van der Waals surface area contributed by atoms with Gasteiger partial charge in [-0.15, -0.1) is 0 Å². The number of nitrogens with zero attached hydrogens (tertiary/aromatic N) is 3. The fourth-order valence-electron chi connectivity index (χ4n) is 4.51. The third-order valence-corrected chi connectivity index (χ3v) is 6.29. The second kappa shape index (κ2) is 8.20. The van der Waals surface area contributed by atoms with E-state index >= 15 is 0 Å². The molecule has 2 atom stereocenters. The lowest BCUT2D eigenvalue weighted by atomic mass is 9.97. The van der Waals surface area contributed by atoms with Crippen LogP contribution < -0.4 is 5.32 Å². The highest BCUT2D eigenvalue weighted by atomic mass is 32.1. The average molecular weight is 421 g/mol. The average Bonchev–Trinajstić information content (AvgIpc) is 3.21. The van der Waals surface area contributed by atoms with E-state index in [9.17, 15) is 5.11 Å². The topological polar surface area (TPSA) is 53.3 Å². The number of thiocarbonyl (C=S) groups is 1. The smallest absolute Gasteiger partial charge is 0.170 e. The zero-order valence-electron chi connectivity index (χ0n) is 17.9. The van der Waals surface area contributed by atoms with Gasteiger partial charge in [-0.1, -0.05) is 18.2 Å². The lowest BCUT2D eigenvalue weighted by Gasteiger charge is -2.27. The van der Waals surface area contributed by atoms with Gasteiger partial charge in [0.25, 0.3) is 0 Å². The summed E-state index contributed by atoms with van der Waals surface area (Å²) in [4.78, 5) is 6.68. The molecule has 1 aliphatic heterocycles. The van der Waals surface area contributed by atoms with Gasteiger partial charge in [-0.25, -0.2) is 0 Å². The summed E-state index contributed by atoms with van der Waals surface area (Å²) in [6.07, 6.45) is 1.81. The number of aromatic nitrogens is 2. The number of aliphatic hydroxyl groups excluding tert-OH is 1. The molecule has 0 amide bonds. The fraction of sp³-hybridized carbons (Fsp3) is 0.333. The van der Waals surface area contributed by atoms with Crippen molar-refractivity contribution >= 4 is 17.3 Å². The Kier molecular flexibility index (Phi) is 5.62. The van der Waals surface area contributed by atoms with E-state index in [1.54, 1.807) is 0 Å². The Balaban J connectivity index is 1.86. The van der Waals surface area contributed by atoms with E-state index in [-0.39, 0.29) is 18.7 Å². The van der Waals surface area contributed by atoms with Crippen molar-refractivity contribution in [1.29, 1.82) is 0 Å². The number of hydrogen-bond donors (Lipinski definition) is 2. The Morgan fingerprint density at radius 3 is 2.60 bits per heavy atom. The number of pyridine rings is 1. The van der Waals surface area contributed by atoms with Gasteiger partial charge >= 0.3 is 0 Å². The molecule has 3 heterocycles. The predicted molar refractivity (Wildman–Crippen MR) is 124 cm³/mol. The summed E-state index contributed by atoms with van der Waals surface area (Å²) in [5, 5.41) is 13.8. The summed E-state index contributed by atoms with van der Waals surface area (Å²) in [5.41, 5.74) is 8.18. The summed E-state index contributed by atoms with van der Waals surface area (Å²) in [6, 6.07) is 14.6. The molecule has 0 spiro atoms. The first-order valence-electron chi connectivity index (χ1n) is 10.3. The largest absolute Gasteiger partial charge is 0.395 e. The standard InChI is InChI=1S/C24H28N4OS/c1-15-8-9-16(2)21(13-15)28-17(3)14-19(18(28)4)23-22(20-7-5-6-10-25-20)26-24(30)27(23)11-12-29/h5-10,13-14,22-23,29H,11-12H2,1-4H3,(H,26,30)/t22-,23-/m0/s1. The zero-order valence-corrected chi connectivity index (χ0v) is 18.7. The minimum absolute atomic E-state index is 0.0374. The van der Waals surface area contributed by atoms with E-state index in [0.717, 1.165) is 5.69 Å². The molecule has 6 heteroatoms. The monoisotopic (exact) mass is 420 g/mol. The van der Waals surface area contributed by atoms with E-state index in [2.05, 4.69) is 71.7 Å². The highest BCUT2D eigenvalue weighted by Gasteiger charge is 2.41. The number of rotatable bonds is 5. The Hall–Kier alpha value is -2.70. The first kappa shape index (κ1) is 20.6. The molecule has 2 aromatic heterocycles. The molecule has 0 saturated carbocycles. The molecule has 1 aliphatic rings. The SMILES string of the molecule is Cc1ccc(C)c(-n2c(C)cc([C@H]3[C@H](c4ccccn4)NC(=S)N3CCO)c2C)c1. The molecule has 0 aliphatic carbocycles. The van der Waals surface area contributed by atoms with Crippen LogP contribution in [0.3, 0.4) is 0 Å². The van der Waals surface area contributed by atoms with Crippen molar-refractivity contribution in [3.63, 3.8) is 0 Å². The molecule has 5 nitrogen and oxygen atoms in total. The van der Waals surface area contributed by atoms with Gasteiger partial charge in [-0.2, -0.15) is 0 Å². The van der Waals surface area contributed by atoms with Crippen LogP contribution in [-0.2, 0) is 0 Å². The van der Waals surface area contributed by atoms with Gasteiger partial charge < -0.3 is 19.9 Å². The second-order valence-corrected chi connectivity index (χ2v) is 8.38. The first-order chi connectivity index (χ1) is 14.4. The van der Waals surface area contributed by atoms with Crippen LogP contribution in [0.15, 0.2) is 48.7 Å². The molecular weight excluding hydrogens is 392 g/mol. The Morgan fingerprint density at radius 2 is 1.90 bits per heavy atom. The highest BCUT2D eigenvalue weighted by Crippen LogP contribution is 2.41. The third-order valence-electron chi connectivity index (χ3n) is 5.93.